The van der Waals surface area contributed by atoms with Gasteiger partial charge in [0.15, 0.2) is 11.5 Å². The van der Waals surface area contributed by atoms with Crippen molar-refractivity contribution in [2.45, 2.75) is 32.2 Å². The highest BCUT2D eigenvalue weighted by molar-refractivity contribution is 5.43. The van der Waals surface area contributed by atoms with Crippen molar-refractivity contribution in [3.8, 4) is 11.5 Å². The van der Waals surface area contributed by atoms with E-state index in [2.05, 4.69) is 11.4 Å². The van der Waals surface area contributed by atoms with E-state index in [1.165, 1.54) is 18.4 Å². The summed E-state index contributed by atoms with van der Waals surface area (Å²) in [6.07, 6.45) is 4.76. The monoisotopic (exact) mass is 277 g/mol. The van der Waals surface area contributed by atoms with Crippen molar-refractivity contribution in [1.29, 1.82) is 0 Å². The highest BCUT2D eigenvalue weighted by Crippen LogP contribution is 2.37. The summed E-state index contributed by atoms with van der Waals surface area (Å²) in [4.78, 5) is 0. The van der Waals surface area contributed by atoms with E-state index >= 15 is 0 Å². The third kappa shape index (κ3) is 2.91. The molecule has 2 aliphatic rings. The number of benzene rings is 1. The summed E-state index contributed by atoms with van der Waals surface area (Å²) < 4.78 is 11.1. The summed E-state index contributed by atoms with van der Waals surface area (Å²) in [5, 5.41) is 13.1. The van der Waals surface area contributed by atoms with Gasteiger partial charge in [0.05, 0.1) is 0 Å². The fourth-order valence-electron chi connectivity index (χ4n) is 3.19. The molecule has 1 aliphatic carbocycles. The van der Waals surface area contributed by atoms with Crippen LogP contribution in [0.25, 0.3) is 0 Å². The minimum Gasteiger partial charge on any atom is -0.486 e. The van der Waals surface area contributed by atoms with Gasteiger partial charge in [0, 0.05) is 25.1 Å². The Balaban J connectivity index is 1.56. The molecule has 1 aromatic rings. The molecule has 1 saturated carbocycles. The van der Waals surface area contributed by atoms with Gasteiger partial charge in [-0.2, -0.15) is 0 Å². The molecule has 0 amide bonds. The van der Waals surface area contributed by atoms with Gasteiger partial charge < -0.3 is 19.9 Å². The van der Waals surface area contributed by atoms with E-state index in [1.54, 1.807) is 0 Å². The van der Waals surface area contributed by atoms with Gasteiger partial charge in [-0.15, -0.1) is 0 Å². The van der Waals surface area contributed by atoms with Crippen LogP contribution in [0.5, 0.6) is 11.5 Å². The Labute approximate surface area is 120 Å². The second kappa shape index (κ2) is 6.02. The maximum absolute atomic E-state index is 9.60. The third-order valence-corrected chi connectivity index (χ3v) is 4.44. The second-order valence-electron chi connectivity index (χ2n) is 5.95. The first-order chi connectivity index (χ1) is 9.81. The van der Waals surface area contributed by atoms with E-state index in [0.29, 0.717) is 19.8 Å². The normalized spacial score (nSPS) is 20.1. The second-order valence-corrected chi connectivity index (χ2v) is 5.95. The van der Waals surface area contributed by atoms with E-state index in [0.717, 1.165) is 37.4 Å². The molecule has 1 heterocycles. The third-order valence-electron chi connectivity index (χ3n) is 4.44. The van der Waals surface area contributed by atoms with Crippen molar-refractivity contribution in [2.24, 2.45) is 5.41 Å². The zero-order valence-corrected chi connectivity index (χ0v) is 11.9. The molecular formula is C16H23NO3. The van der Waals surface area contributed by atoms with Crippen LogP contribution >= 0.6 is 0 Å². The SMILES string of the molecule is OCC1(CNCc2ccc3c(c2)OCCO3)CCCC1. The van der Waals surface area contributed by atoms with Gasteiger partial charge in [-0.1, -0.05) is 18.9 Å². The Kier molecular flexibility index (Phi) is 4.13. The molecule has 0 spiro atoms. The van der Waals surface area contributed by atoms with Crippen LogP contribution < -0.4 is 14.8 Å². The van der Waals surface area contributed by atoms with E-state index in [4.69, 9.17) is 9.47 Å². The van der Waals surface area contributed by atoms with E-state index < -0.39 is 0 Å². The number of aliphatic hydroxyl groups is 1. The van der Waals surface area contributed by atoms with Gasteiger partial charge in [0.25, 0.3) is 0 Å². The van der Waals surface area contributed by atoms with Crippen LogP contribution in [0.4, 0.5) is 0 Å². The number of nitrogens with one attached hydrogen (secondary N) is 1. The van der Waals surface area contributed by atoms with E-state index in [9.17, 15) is 5.11 Å². The van der Waals surface area contributed by atoms with Crippen molar-refractivity contribution in [2.75, 3.05) is 26.4 Å². The Hall–Kier alpha value is -1.26. The molecule has 110 valence electrons. The van der Waals surface area contributed by atoms with Gasteiger partial charge in [-0.3, -0.25) is 0 Å². The zero-order chi connectivity index (χ0) is 13.8. The quantitative estimate of drug-likeness (QED) is 0.865. The summed E-state index contributed by atoms with van der Waals surface area (Å²) in [5.74, 6) is 1.68. The molecule has 1 aliphatic heterocycles. The number of aliphatic hydroxyl groups excluding tert-OH is 1. The molecule has 20 heavy (non-hydrogen) atoms. The van der Waals surface area contributed by atoms with Crippen LogP contribution in [0.1, 0.15) is 31.2 Å². The van der Waals surface area contributed by atoms with Crippen molar-refractivity contribution in [1.82, 2.24) is 5.32 Å². The molecule has 0 atom stereocenters. The Bertz CT molecular complexity index is 455. The molecule has 0 radical (unpaired) electrons. The van der Waals surface area contributed by atoms with Crippen molar-refractivity contribution >= 4 is 0 Å². The van der Waals surface area contributed by atoms with E-state index in [1.807, 2.05) is 12.1 Å². The lowest BCUT2D eigenvalue weighted by Gasteiger charge is -2.27. The molecular weight excluding hydrogens is 254 g/mol. The number of ether oxygens (including phenoxy) is 2. The van der Waals surface area contributed by atoms with Gasteiger partial charge in [-0.25, -0.2) is 0 Å². The molecule has 1 fully saturated rings. The zero-order valence-electron chi connectivity index (χ0n) is 11.9. The maximum atomic E-state index is 9.60. The molecule has 0 unspecified atom stereocenters. The van der Waals surface area contributed by atoms with E-state index in [-0.39, 0.29) is 5.41 Å². The van der Waals surface area contributed by atoms with Crippen LogP contribution in [0, 0.1) is 5.41 Å². The van der Waals surface area contributed by atoms with Crippen LogP contribution in [0.15, 0.2) is 18.2 Å². The minimum absolute atomic E-state index is 0.105. The molecule has 0 aromatic heterocycles. The van der Waals surface area contributed by atoms with Gasteiger partial charge in [-0.05, 0) is 30.5 Å². The minimum atomic E-state index is 0.105. The summed E-state index contributed by atoms with van der Waals surface area (Å²) in [5.41, 5.74) is 1.30. The van der Waals surface area contributed by atoms with Crippen LogP contribution in [-0.4, -0.2) is 31.5 Å². The lowest BCUT2D eigenvalue weighted by atomic mass is 9.87. The summed E-state index contributed by atoms with van der Waals surface area (Å²) in [6.45, 7) is 3.23. The average Bonchev–Trinajstić information content (AvgIpc) is 2.96. The molecule has 4 nitrogen and oxygen atoms in total. The lowest BCUT2D eigenvalue weighted by Crippen LogP contribution is -2.34. The molecule has 0 bridgehead atoms. The molecule has 3 rings (SSSR count). The predicted octanol–water partition coefficient (Wildman–Crippen LogP) is 2.10. The maximum Gasteiger partial charge on any atom is 0.161 e. The molecule has 4 heteroatoms. The summed E-state index contributed by atoms with van der Waals surface area (Å²) in [6, 6.07) is 6.09. The van der Waals surface area contributed by atoms with Gasteiger partial charge in [0.2, 0.25) is 0 Å². The van der Waals surface area contributed by atoms with Crippen LogP contribution in [-0.2, 0) is 6.54 Å². The van der Waals surface area contributed by atoms with Gasteiger partial charge in [0.1, 0.15) is 13.2 Å². The van der Waals surface area contributed by atoms with Crippen molar-refractivity contribution < 1.29 is 14.6 Å². The first-order valence-corrected chi connectivity index (χ1v) is 7.51. The highest BCUT2D eigenvalue weighted by Gasteiger charge is 2.32. The Morgan fingerprint density at radius 1 is 1.10 bits per heavy atom. The smallest absolute Gasteiger partial charge is 0.161 e. The highest BCUT2D eigenvalue weighted by atomic mass is 16.6. The van der Waals surface area contributed by atoms with Crippen LogP contribution in [0.3, 0.4) is 0 Å². The number of hydrogen-bond acceptors (Lipinski definition) is 4. The fraction of sp³-hybridized carbons (Fsp3) is 0.625. The topological polar surface area (TPSA) is 50.7 Å². The number of fused-ring (bicyclic) bond motifs is 1. The first-order valence-electron chi connectivity index (χ1n) is 7.51. The summed E-state index contributed by atoms with van der Waals surface area (Å²) in [7, 11) is 0. The molecule has 0 saturated heterocycles. The number of rotatable bonds is 5. The lowest BCUT2D eigenvalue weighted by molar-refractivity contribution is 0.128. The summed E-state index contributed by atoms with van der Waals surface area (Å²) >= 11 is 0. The molecule has 2 N–H and O–H groups in total. The molecule has 1 aromatic carbocycles. The first kappa shape index (κ1) is 13.7. The predicted molar refractivity (Wildman–Crippen MR) is 77.1 cm³/mol. The average molecular weight is 277 g/mol. The van der Waals surface area contributed by atoms with Crippen LogP contribution in [0.2, 0.25) is 0 Å². The van der Waals surface area contributed by atoms with Crippen molar-refractivity contribution in [3.05, 3.63) is 23.8 Å². The largest absolute Gasteiger partial charge is 0.486 e. The van der Waals surface area contributed by atoms with Crippen molar-refractivity contribution in [3.63, 3.8) is 0 Å². The van der Waals surface area contributed by atoms with Gasteiger partial charge >= 0.3 is 0 Å². The number of hydrogen-bond donors (Lipinski definition) is 2. The fourth-order valence-corrected chi connectivity index (χ4v) is 3.19. The Morgan fingerprint density at radius 3 is 2.60 bits per heavy atom. The Morgan fingerprint density at radius 2 is 1.85 bits per heavy atom. The standard InChI is InChI=1S/C16H23NO3/c18-12-16(5-1-2-6-16)11-17-10-13-3-4-14-15(9-13)20-8-7-19-14/h3-4,9,17-18H,1-2,5-8,10-12H2.